The van der Waals surface area contributed by atoms with E-state index in [4.69, 9.17) is 0 Å². The molecule has 4 aromatic carbocycles. The SMILES string of the molecule is O=C(O)[C@@H]1CC(=O)[C@@H](CCc2ccccc2)NC(=O)[C@H](Cc2ccc(-c3ccccc3)cc2)NC(=O)[C@@H](Cc2cccs2)NC(=O)[C@H](O)[C@@H](O)C(=O)Nc2ccc(cc2)C1. The van der Waals surface area contributed by atoms with Crippen molar-refractivity contribution in [3.8, 4) is 11.1 Å². The van der Waals surface area contributed by atoms with Gasteiger partial charge in [-0.1, -0.05) is 103 Å². The van der Waals surface area contributed by atoms with E-state index in [1.807, 2.05) is 84.9 Å². The Morgan fingerprint density at radius 1 is 0.583 bits per heavy atom. The summed E-state index contributed by atoms with van der Waals surface area (Å²) in [4.78, 5) is 82.4. The lowest BCUT2D eigenvalue weighted by Gasteiger charge is -2.26. The number of aliphatic hydroxyl groups is 2. The molecule has 2 aliphatic rings. The third-order valence-corrected chi connectivity index (χ3v) is 11.3. The van der Waals surface area contributed by atoms with Crippen LogP contribution in [0.1, 0.15) is 34.4 Å². The summed E-state index contributed by atoms with van der Waals surface area (Å²) < 4.78 is 0. The Morgan fingerprint density at radius 3 is 1.80 bits per heavy atom. The summed E-state index contributed by atoms with van der Waals surface area (Å²) in [5.74, 6) is -6.75. The lowest BCUT2D eigenvalue weighted by Crippen LogP contribution is -2.58. The largest absolute Gasteiger partial charge is 0.481 e. The molecule has 0 unspecified atom stereocenters. The lowest BCUT2D eigenvalue weighted by atomic mass is 9.90. The lowest BCUT2D eigenvalue weighted by molar-refractivity contribution is -0.145. The van der Waals surface area contributed by atoms with Crippen LogP contribution in [0.2, 0.25) is 0 Å². The van der Waals surface area contributed by atoms with Gasteiger partial charge in [0.2, 0.25) is 11.8 Å². The highest BCUT2D eigenvalue weighted by molar-refractivity contribution is 7.09. The van der Waals surface area contributed by atoms with Crippen molar-refractivity contribution in [2.75, 3.05) is 5.32 Å². The summed E-state index contributed by atoms with van der Waals surface area (Å²) in [6.07, 6.45) is -4.58. The summed E-state index contributed by atoms with van der Waals surface area (Å²) >= 11 is 1.30. The fraction of sp³-hybridized carbons (Fsp3) is 0.261. The molecule has 3 heterocycles. The van der Waals surface area contributed by atoms with E-state index < -0.39 is 78.1 Å². The van der Waals surface area contributed by atoms with Crippen LogP contribution in [0, 0.1) is 5.92 Å². The highest BCUT2D eigenvalue weighted by Crippen LogP contribution is 2.22. The van der Waals surface area contributed by atoms with E-state index >= 15 is 0 Å². The molecule has 5 aromatic rings. The molecule has 6 atom stereocenters. The van der Waals surface area contributed by atoms with E-state index in [1.165, 1.54) is 23.5 Å². The van der Waals surface area contributed by atoms with Gasteiger partial charge in [0.15, 0.2) is 18.0 Å². The third-order valence-electron chi connectivity index (χ3n) is 10.4. The number of rotatable bonds is 9. The Balaban J connectivity index is 1.36. The minimum atomic E-state index is -2.29. The van der Waals surface area contributed by atoms with Crippen molar-refractivity contribution in [3.05, 3.63) is 148 Å². The number of carbonyl (C=O) groups is 6. The van der Waals surface area contributed by atoms with Crippen molar-refractivity contribution in [2.24, 2.45) is 5.92 Å². The number of hydrogen-bond donors (Lipinski definition) is 7. The molecule has 0 saturated carbocycles. The number of nitrogens with one attached hydrogen (secondary N) is 4. The molecule has 60 heavy (non-hydrogen) atoms. The zero-order chi connectivity index (χ0) is 42.6. The van der Waals surface area contributed by atoms with E-state index in [0.29, 0.717) is 22.4 Å². The second-order valence-corrected chi connectivity index (χ2v) is 15.8. The second-order valence-electron chi connectivity index (χ2n) is 14.7. The normalized spacial score (nSPS) is 22.1. The Morgan fingerprint density at radius 2 is 1.17 bits per heavy atom. The van der Waals surface area contributed by atoms with Crippen molar-refractivity contribution < 1.29 is 44.1 Å². The first-order chi connectivity index (χ1) is 28.9. The maximum absolute atomic E-state index is 14.5. The van der Waals surface area contributed by atoms with Gasteiger partial charge in [-0.2, -0.15) is 0 Å². The number of hydrogen-bond acceptors (Lipinski definition) is 9. The van der Waals surface area contributed by atoms with Crippen LogP contribution in [0.15, 0.2) is 127 Å². The number of benzene rings is 4. The predicted octanol–water partition coefficient (Wildman–Crippen LogP) is 3.86. The summed E-state index contributed by atoms with van der Waals surface area (Å²) in [5, 5.41) is 44.0. The smallest absolute Gasteiger partial charge is 0.307 e. The molecule has 14 heteroatoms. The van der Waals surface area contributed by atoms with Crippen LogP contribution in [0.25, 0.3) is 11.1 Å². The van der Waals surface area contributed by atoms with Gasteiger partial charge in [0.05, 0.1) is 12.0 Å². The minimum Gasteiger partial charge on any atom is -0.481 e. The number of carboxylic acid groups (broad SMARTS) is 1. The number of fused-ring (bicyclic) bond motifs is 18. The van der Waals surface area contributed by atoms with Crippen LogP contribution in [-0.4, -0.2) is 81.0 Å². The monoisotopic (exact) mass is 830 g/mol. The first-order valence-electron chi connectivity index (χ1n) is 19.6. The van der Waals surface area contributed by atoms with Gasteiger partial charge in [-0.25, -0.2) is 0 Å². The molecule has 0 fully saturated rings. The van der Waals surface area contributed by atoms with Gasteiger partial charge in [-0.15, -0.1) is 11.3 Å². The topological polar surface area (TPSA) is 211 Å². The van der Waals surface area contributed by atoms with Crippen LogP contribution in [0.3, 0.4) is 0 Å². The van der Waals surface area contributed by atoms with E-state index in [2.05, 4.69) is 21.3 Å². The number of aliphatic carboxylic acids is 1. The average molecular weight is 831 g/mol. The predicted molar refractivity (Wildman–Crippen MR) is 226 cm³/mol. The first kappa shape index (κ1) is 43.1. The number of carboxylic acids is 1. The second kappa shape index (κ2) is 20.5. The zero-order valence-electron chi connectivity index (χ0n) is 32.5. The van der Waals surface area contributed by atoms with E-state index in [1.54, 1.807) is 29.6 Å². The number of amides is 4. The molecule has 7 rings (SSSR count). The Bertz CT molecular complexity index is 2250. The maximum atomic E-state index is 14.5. The Kier molecular flexibility index (Phi) is 14.7. The van der Waals surface area contributed by atoms with Gasteiger partial charge in [0.25, 0.3) is 11.8 Å². The van der Waals surface area contributed by atoms with Crippen LogP contribution in [0.4, 0.5) is 5.69 Å². The number of carbonyl (C=O) groups excluding carboxylic acids is 5. The fourth-order valence-corrected chi connectivity index (χ4v) is 7.71. The molecule has 0 saturated heterocycles. The van der Waals surface area contributed by atoms with E-state index in [-0.39, 0.29) is 31.4 Å². The fourth-order valence-electron chi connectivity index (χ4n) is 6.96. The number of aliphatic hydroxyl groups excluding tert-OH is 2. The zero-order valence-corrected chi connectivity index (χ0v) is 33.3. The number of ketones is 1. The molecule has 7 N–H and O–H groups in total. The van der Waals surface area contributed by atoms with Crippen LogP contribution >= 0.6 is 11.3 Å². The van der Waals surface area contributed by atoms with E-state index in [9.17, 15) is 44.1 Å². The molecule has 0 aliphatic carbocycles. The quantitative estimate of drug-likeness (QED) is 0.107. The summed E-state index contributed by atoms with van der Waals surface area (Å²) in [7, 11) is 0. The number of anilines is 1. The molecule has 2 bridgehead atoms. The van der Waals surface area contributed by atoms with Crippen molar-refractivity contribution >= 4 is 52.4 Å². The Hall–Kier alpha value is -6.48. The number of Topliss-reactive ketones (excluding diaryl/α,β-unsaturated/α-hetero) is 1. The molecule has 1 aromatic heterocycles. The molecule has 310 valence electrons. The van der Waals surface area contributed by atoms with Crippen LogP contribution in [0.5, 0.6) is 0 Å². The maximum Gasteiger partial charge on any atom is 0.307 e. The molecule has 0 spiro atoms. The third kappa shape index (κ3) is 11.8. The Labute approximate surface area is 350 Å². The van der Waals surface area contributed by atoms with Crippen molar-refractivity contribution in [2.45, 2.75) is 68.9 Å². The van der Waals surface area contributed by atoms with Gasteiger partial charge >= 0.3 is 5.97 Å². The minimum absolute atomic E-state index is 0.0407. The summed E-state index contributed by atoms with van der Waals surface area (Å²) in [6.45, 7) is 0. The van der Waals surface area contributed by atoms with Gasteiger partial charge in [0, 0.05) is 29.8 Å². The summed E-state index contributed by atoms with van der Waals surface area (Å²) in [5.41, 5.74) is 4.16. The first-order valence-corrected chi connectivity index (χ1v) is 20.4. The highest BCUT2D eigenvalue weighted by atomic mass is 32.1. The van der Waals surface area contributed by atoms with Gasteiger partial charge in [-0.3, -0.25) is 28.8 Å². The standard InChI is InChI=1S/C46H46N4O9S/c51-39-26-33(46(58)59)24-29-15-20-34(21-16-29)47-44(56)40(52)41(53)45(57)50-38(27-35-12-7-23-60-35)43(55)49-37(42(54)48-36(39)22-17-28-8-3-1-4-9-28)25-30-13-18-32(19-14-30)31-10-5-2-6-11-31/h1-16,18-21,23,33,36-38,40-41,52-53H,17,22,24-27H2,(H,47,56)(H,48,54)(H,49,55)(H,50,57)(H,58,59)/t33-,36+,37-,38+,40+,41+/m0/s1. The van der Waals surface area contributed by atoms with Crippen LogP contribution in [-0.2, 0) is 54.5 Å². The molecule has 2 aliphatic heterocycles. The van der Waals surface area contributed by atoms with Crippen LogP contribution < -0.4 is 21.3 Å². The van der Waals surface area contributed by atoms with Crippen molar-refractivity contribution in [3.63, 3.8) is 0 Å². The van der Waals surface area contributed by atoms with Crippen molar-refractivity contribution in [1.82, 2.24) is 16.0 Å². The molecule has 0 radical (unpaired) electrons. The average Bonchev–Trinajstić information content (AvgIpc) is 3.78. The van der Waals surface area contributed by atoms with Gasteiger partial charge in [0.1, 0.15) is 12.1 Å². The molecular weight excluding hydrogens is 785 g/mol. The molecule has 13 nitrogen and oxygen atoms in total. The van der Waals surface area contributed by atoms with Crippen molar-refractivity contribution in [1.29, 1.82) is 0 Å². The van der Waals surface area contributed by atoms with Gasteiger partial charge in [-0.05, 0) is 70.7 Å². The summed E-state index contributed by atoms with van der Waals surface area (Å²) in [6, 6.07) is 32.0. The number of aryl methyl sites for hydroxylation is 1. The molecule has 4 amide bonds. The number of thiophene rings is 1. The van der Waals surface area contributed by atoms with Gasteiger partial charge < -0.3 is 36.6 Å². The molecular formula is C46H46N4O9S. The van der Waals surface area contributed by atoms with E-state index in [0.717, 1.165) is 16.7 Å². The highest BCUT2D eigenvalue weighted by Gasteiger charge is 2.36.